The summed E-state index contributed by atoms with van der Waals surface area (Å²) in [5.74, 6) is 0. The van der Waals surface area contributed by atoms with E-state index in [1.165, 1.54) is 18.2 Å². The van der Waals surface area contributed by atoms with Crippen molar-refractivity contribution in [2.75, 3.05) is 10.6 Å². The summed E-state index contributed by atoms with van der Waals surface area (Å²) in [6, 6.07) is 8.67. The number of hydrogen-bond acceptors (Lipinski definition) is 1. The van der Waals surface area contributed by atoms with Crippen LogP contribution in [0, 0.1) is 0 Å². The molecular formula is C15H10F6N2S. The minimum atomic E-state index is -4.56. The molecule has 2 aromatic carbocycles. The van der Waals surface area contributed by atoms with Crippen LogP contribution in [0.15, 0.2) is 48.5 Å². The molecule has 0 fully saturated rings. The van der Waals surface area contributed by atoms with Crippen molar-refractivity contribution in [1.82, 2.24) is 0 Å². The SMILES string of the molecule is FC(F)(F)c1ccc(NC(=S)Nc2ccccc2C(F)(F)F)cc1. The highest BCUT2D eigenvalue weighted by molar-refractivity contribution is 7.80. The van der Waals surface area contributed by atoms with Gasteiger partial charge in [0.1, 0.15) is 0 Å². The zero-order valence-corrected chi connectivity index (χ0v) is 12.6. The molecule has 2 aromatic rings. The molecule has 0 saturated carbocycles. The molecule has 0 aliphatic carbocycles. The molecule has 128 valence electrons. The molecule has 2 N–H and O–H groups in total. The van der Waals surface area contributed by atoms with E-state index in [1.54, 1.807) is 0 Å². The van der Waals surface area contributed by atoms with E-state index in [4.69, 9.17) is 12.2 Å². The molecule has 0 radical (unpaired) electrons. The molecule has 0 heterocycles. The molecule has 0 unspecified atom stereocenters. The fraction of sp³-hybridized carbons (Fsp3) is 0.133. The Kier molecular flexibility index (Phi) is 5.02. The number of benzene rings is 2. The first kappa shape index (κ1) is 18.1. The van der Waals surface area contributed by atoms with Gasteiger partial charge >= 0.3 is 12.4 Å². The summed E-state index contributed by atoms with van der Waals surface area (Å²) in [7, 11) is 0. The third-order valence-corrected chi connectivity index (χ3v) is 3.15. The van der Waals surface area contributed by atoms with Crippen molar-refractivity contribution in [2.45, 2.75) is 12.4 Å². The maximum absolute atomic E-state index is 12.9. The maximum Gasteiger partial charge on any atom is 0.418 e. The van der Waals surface area contributed by atoms with Crippen molar-refractivity contribution in [3.05, 3.63) is 59.7 Å². The number of hydrogen-bond donors (Lipinski definition) is 2. The molecule has 2 nitrogen and oxygen atoms in total. The van der Waals surface area contributed by atoms with E-state index >= 15 is 0 Å². The van der Waals surface area contributed by atoms with Crippen molar-refractivity contribution in [3.63, 3.8) is 0 Å². The smallest absolute Gasteiger partial charge is 0.332 e. The topological polar surface area (TPSA) is 24.1 Å². The van der Waals surface area contributed by atoms with Crippen LogP contribution >= 0.6 is 12.2 Å². The van der Waals surface area contributed by atoms with E-state index in [1.807, 2.05) is 0 Å². The quantitative estimate of drug-likeness (QED) is 0.541. The van der Waals surface area contributed by atoms with Crippen molar-refractivity contribution >= 4 is 28.7 Å². The van der Waals surface area contributed by atoms with Crippen molar-refractivity contribution in [3.8, 4) is 0 Å². The van der Waals surface area contributed by atoms with E-state index < -0.39 is 23.5 Å². The van der Waals surface area contributed by atoms with E-state index in [-0.39, 0.29) is 16.5 Å². The third kappa shape index (κ3) is 4.60. The van der Waals surface area contributed by atoms with Crippen LogP contribution < -0.4 is 10.6 Å². The van der Waals surface area contributed by atoms with Gasteiger partial charge in [-0.25, -0.2) is 0 Å². The van der Waals surface area contributed by atoms with Crippen LogP contribution in [0.2, 0.25) is 0 Å². The fourth-order valence-corrected chi connectivity index (χ4v) is 2.09. The van der Waals surface area contributed by atoms with Crippen molar-refractivity contribution in [1.29, 1.82) is 0 Å². The Balaban J connectivity index is 2.10. The van der Waals surface area contributed by atoms with Crippen molar-refractivity contribution in [2.24, 2.45) is 0 Å². The zero-order chi connectivity index (χ0) is 18.0. The summed E-state index contributed by atoms with van der Waals surface area (Å²) in [5.41, 5.74) is -1.78. The standard InChI is InChI=1S/C15H10F6N2S/c16-14(17,18)9-5-7-10(8-6-9)22-13(24)23-12-4-2-1-3-11(12)15(19,20)21/h1-8H,(H2,22,23,24). The fourth-order valence-electron chi connectivity index (χ4n) is 1.87. The summed E-state index contributed by atoms with van der Waals surface area (Å²) in [5, 5.41) is 4.75. The predicted octanol–water partition coefficient (Wildman–Crippen LogP) is 5.53. The average Bonchev–Trinajstić information content (AvgIpc) is 2.46. The molecule has 0 aliphatic heterocycles. The Morgan fingerprint density at radius 2 is 1.33 bits per heavy atom. The predicted molar refractivity (Wildman–Crippen MR) is 82.7 cm³/mol. The van der Waals surface area contributed by atoms with Gasteiger partial charge in [-0.3, -0.25) is 0 Å². The summed E-state index contributed by atoms with van der Waals surface area (Å²) < 4.78 is 76.0. The first-order valence-corrected chi connectivity index (χ1v) is 6.89. The number of para-hydroxylation sites is 1. The normalized spacial score (nSPS) is 11.9. The summed E-state index contributed by atoms with van der Waals surface area (Å²) in [6.45, 7) is 0. The lowest BCUT2D eigenvalue weighted by atomic mass is 10.1. The lowest BCUT2D eigenvalue weighted by Gasteiger charge is -2.16. The van der Waals surface area contributed by atoms with E-state index in [9.17, 15) is 26.3 Å². The van der Waals surface area contributed by atoms with Gasteiger partial charge in [-0.2, -0.15) is 26.3 Å². The second kappa shape index (κ2) is 6.68. The van der Waals surface area contributed by atoms with Gasteiger partial charge in [-0.05, 0) is 48.6 Å². The van der Waals surface area contributed by atoms with Crippen molar-refractivity contribution < 1.29 is 26.3 Å². The lowest BCUT2D eigenvalue weighted by molar-refractivity contribution is -0.138. The first-order chi connectivity index (χ1) is 11.1. The Hall–Kier alpha value is -2.29. The number of nitrogens with one attached hydrogen (secondary N) is 2. The monoisotopic (exact) mass is 364 g/mol. The van der Waals surface area contributed by atoms with Gasteiger partial charge in [-0.1, -0.05) is 12.1 Å². The number of thiocarbonyl (C=S) groups is 1. The van der Waals surface area contributed by atoms with Gasteiger partial charge in [-0.15, -0.1) is 0 Å². The minimum absolute atomic E-state index is 0.175. The second-order valence-electron chi connectivity index (χ2n) is 4.70. The van der Waals surface area contributed by atoms with E-state index in [0.717, 1.165) is 30.3 Å². The number of rotatable bonds is 2. The van der Waals surface area contributed by atoms with Crippen LogP contribution in [0.4, 0.5) is 37.7 Å². The number of halogens is 6. The Morgan fingerprint density at radius 3 is 1.88 bits per heavy atom. The Morgan fingerprint density at radius 1 is 0.750 bits per heavy atom. The van der Waals surface area contributed by atoms with Crippen LogP contribution in [-0.4, -0.2) is 5.11 Å². The molecule has 2 rings (SSSR count). The van der Waals surface area contributed by atoms with Gasteiger partial charge in [0, 0.05) is 5.69 Å². The van der Waals surface area contributed by atoms with Crippen LogP contribution in [0.1, 0.15) is 11.1 Å². The van der Waals surface area contributed by atoms with Gasteiger partial charge in [0.2, 0.25) is 0 Å². The molecule has 0 aromatic heterocycles. The molecule has 0 atom stereocenters. The van der Waals surface area contributed by atoms with Crippen LogP contribution in [0.5, 0.6) is 0 Å². The van der Waals surface area contributed by atoms with Crippen LogP contribution in [0.25, 0.3) is 0 Å². The minimum Gasteiger partial charge on any atom is -0.332 e. The van der Waals surface area contributed by atoms with Crippen LogP contribution in [0.3, 0.4) is 0 Å². The molecule has 0 spiro atoms. The molecule has 0 aliphatic rings. The molecule has 24 heavy (non-hydrogen) atoms. The highest BCUT2D eigenvalue weighted by Gasteiger charge is 2.33. The van der Waals surface area contributed by atoms with Gasteiger partial charge in [0.25, 0.3) is 0 Å². The van der Waals surface area contributed by atoms with Crippen LogP contribution in [-0.2, 0) is 12.4 Å². The first-order valence-electron chi connectivity index (χ1n) is 6.49. The zero-order valence-electron chi connectivity index (χ0n) is 11.8. The molecule has 0 bridgehead atoms. The Labute approximate surface area is 138 Å². The van der Waals surface area contributed by atoms with E-state index in [0.29, 0.717) is 0 Å². The number of alkyl halides is 6. The largest absolute Gasteiger partial charge is 0.418 e. The highest BCUT2D eigenvalue weighted by Crippen LogP contribution is 2.34. The summed E-state index contributed by atoms with van der Waals surface area (Å²) in [4.78, 5) is 0. The maximum atomic E-state index is 12.9. The second-order valence-corrected chi connectivity index (χ2v) is 5.11. The summed E-state index contributed by atoms with van der Waals surface area (Å²) in [6.07, 6.45) is -9.03. The van der Waals surface area contributed by atoms with Gasteiger partial charge in [0.15, 0.2) is 5.11 Å². The average molecular weight is 364 g/mol. The Bertz CT molecular complexity index is 722. The number of anilines is 2. The third-order valence-electron chi connectivity index (χ3n) is 2.95. The molecule has 9 heteroatoms. The highest BCUT2D eigenvalue weighted by atomic mass is 32.1. The molecule has 0 saturated heterocycles. The molecular weight excluding hydrogens is 354 g/mol. The summed E-state index contributed by atoms with van der Waals surface area (Å²) >= 11 is 4.90. The lowest BCUT2D eigenvalue weighted by Crippen LogP contribution is -2.21. The van der Waals surface area contributed by atoms with E-state index in [2.05, 4.69) is 10.6 Å². The van der Waals surface area contributed by atoms with Gasteiger partial charge < -0.3 is 10.6 Å². The molecule has 0 amide bonds. The van der Waals surface area contributed by atoms with Gasteiger partial charge in [0.05, 0.1) is 16.8 Å².